The van der Waals surface area contributed by atoms with E-state index in [1.54, 1.807) is 31.1 Å². The third-order valence-corrected chi connectivity index (χ3v) is 3.38. The molecule has 0 radical (unpaired) electrons. The Bertz CT molecular complexity index is 720. The predicted molar refractivity (Wildman–Crippen MR) is 98.1 cm³/mol. The quantitative estimate of drug-likeness (QED) is 0.841. The Morgan fingerprint density at radius 3 is 2.08 bits per heavy atom. The summed E-state index contributed by atoms with van der Waals surface area (Å²) in [6.07, 6.45) is 4.16. The molecule has 0 spiro atoms. The first kappa shape index (κ1) is 21.8. The number of aromatic nitrogens is 2. The molecule has 0 N–H and O–H groups in total. The Morgan fingerprint density at radius 1 is 1.08 bits per heavy atom. The van der Waals surface area contributed by atoms with Gasteiger partial charge in [0.05, 0.1) is 0 Å². The fourth-order valence-electron chi connectivity index (χ4n) is 1.99. The van der Waals surface area contributed by atoms with Gasteiger partial charge in [0.25, 0.3) is 11.1 Å². The highest BCUT2D eigenvalue weighted by atomic mass is 19.1. The molecule has 2 rings (SSSR count). The van der Waals surface area contributed by atoms with E-state index in [1.165, 1.54) is 10.6 Å². The van der Waals surface area contributed by atoms with E-state index in [9.17, 15) is 14.0 Å². The maximum atomic E-state index is 12.7. The second-order valence-electron chi connectivity index (χ2n) is 5.50. The first-order valence-electron chi connectivity index (χ1n) is 8.28. The molecule has 2 aromatic heterocycles. The van der Waals surface area contributed by atoms with Gasteiger partial charge in [0.2, 0.25) is 0 Å². The highest BCUT2D eigenvalue weighted by molar-refractivity contribution is 5.13. The molecule has 0 unspecified atom stereocenters. The van der Waals surface area contributed by atoms with E-state index in [-0.39, 0.29) is 5.56 Å². The molecule has 0 aliphatic rings. The van der Waals surface area contributed by atoms with Gasteiger partial charge in [-0.25, -0.2) is 4.39 Å². The van der Waals surface area contributed by atoms with Crippen molar-refractivity contribution >= 4 is 0 Å². The monoisotopic (exact) mass is 336 g/mol. The van der Waals surface area contributed by atoms with Crippen molar-refractivity contribution in [2.75, 3.05) is 0 Å². The van der Waals surface area contributed by atoms with Gasteiger partial charge in [-0.2, -0.15) is 0 Å². The number of pyridine rings is 2. The second-order valence-corrected chi connectivity index (χ2v) is 5.50. The number of hydrogen-bond acceptors (Lipinski definition) is 2. The van der Waals surface area contributed by atoms with Gasteiger partial charge in [-0.05, 0) is 30.0 Å². The van der Waals surface area contributed by atoms with Crippen LogP contribution in [0.3, 0.4) is 0 Å². The van der Waals surface area contributed by atoms with Crippen molar-refractivity contribution in [1.82, 2.24) is 9.13 Å². The van der Waals surface area contributed by atoms with Gasteiger partial charge in [0.1, 0.15) is 0 Å². The van der Waals surface area contributed by atoms with Crippen LogP contribution in [0.4, 0.5) is 4.39 Å². The minimum absolute atomic E-state index is 0.113. The molecule has 2 heterocycles. The lowest BCUT2D eigenvalue weighted by atomic mass is 10.1. The van der Waals surface area contributed by atoms with Crippen LogP contribution in [0.1, 0.15) is 51.7 Å². The largest absolute Gasteiger partial charge is 0.318 e. The summed E-state index contributed by atoms with van der Waals surface area (Å²) in [5.41, 5.74) is 1.27. The molecule has 0 aliphatic heterocycles. The zero-order chi connectivity index (χ0) is 18.9. The number of halogens is 1. The molecule has 24 heavy (non-hydrogen) atoms. The normalized spacial score (nSPS) is 9.71. The minimum atomic E-state index is -0.674. The first-order valence-corrected chi connectivity index (χ1v) is 8.28. The third-order valence-electron chi connectivity index (χ3n) is 3.38. The molecule has 0 fully saturated rings. The molecule has 134 valence electrons. The number of rotatable bonds is 2. The van der Waals surface area contributed by atoms with Crippen LogP contribution in [0.25, 0.3) is 0 Å². The molecule has 0 aromatic carbocycles. The highest BCUT2D eigenvalue weighted by Gasteiger charge is 2.03. The molecule has 0 bridgehead atoms. The van der Waals surface area contributed by atoms with Crippen molar-refractivity contribution < 1.29 is 4.39 Å². The highest BCUT2D eigenvalue weighted by Crippen LogP contribution is 2.07. The lowest BCUT2D eigenvalue weighted by Gasteiger charge is -2.04. The van der Waals surface area contributed by atoms with Crippen LogP contribution >= 0.6 is 0 Å². The molecule has 2 aromatic rings. The van der Waals surface area contributed by atoms with Crippen molar-refractivity contribution in [3.8, 4) is 0 Å². The fraction of sp³-hybridized carbons (Fsp3) is 0.474. The Morgan fingerprint density at radius 2 is 1.67 bits per heavy atom. The van der Waals surface area contributed by atoms with E-state index in [0.717, 1.165) is 17.5 Å². The Hall–Kier alpha value is -2.17. The van der Waals surface area contributed by atoms with E-state index < -0.39 is 11.4 Å². The summed E-state index contributed by atoms with van der Waals surface area (Å²) in [4.78, 5) is 22.2. The standard InChI is InChI=1S/C9H13NO.C8H10FNO.C2H6/c1-7(2)8-5-4-6-10(3)9(8)11;1-3-6-4-7(9)8(11)10(2)5-6;1-2/h4-7H,1-3H3;4-5H,3H2,1-2H3;1-2H3. The van der Waals surface area contributed by atoms with Crippen LogP contribution in [0.2, 0.25) is 0 Å². The number of hydrogen-bond donors (Lipinski definition) is 0. The molecule has 0 amide bonds. The van der Waals surface area contributed by atoms with E-state index in [0.29, 0.717) is 5.92 Å². The maximum Gasteiger partial charge on any atom is 0.286 e. The van der Waals surface area contributed by atoms with E-state index in [1.807, 2.05) is 46.8 Å². The van der Waals surface area contributed by atoms with Crippen molar-refractivity contribution in [3.63, 3.8) is 0 Å². The smallest absolute Gasteiger partial charge is 0.286 e. The summed E-state index contributed by atoms with van der Waals surface area (Å²) in [6, 6.07) is 5.06. The van der Waals surface area contributed by atoms with Crippen LogP contribution in [0, 0.1) is 5.82 Å². The van der Waals surface area contributed by atoms with Gasteiger partial charge in [0.15, 0.2) is 5.82 Å². The molecular formula is C19H29FN2O2. The molecule has 4 nitrogen and oxygen atoms in total. The summed E-state index contributed by atoms with van der Waals surface area (Å²) in [6.45, 7) is 9.96. The zero-order valence-electron chi connectivity index (χ0n) is 15.8. The van der Waals surface area contributed by atoms with Crippen molar-refractivity contribution in [3.05, 3.63) is 68.2 Å². The molecule has 5 heteroatoms. The van der Waals surface area contributed by atoms with Gasteiger partial charge in [0, 0.05) is 32.1 Å². The predicted octanol–water partition coefficient (Wildman–Crippen LogP) is 3.62. The molecule has 0 saturated carbocycles. The summed E-state index contributed by atoms with van der Waals surface area (Å²) < 4.78 is 15.6. The average molecular weight is 336 g/mol. The van der Waals surface area contributed by atoms with E-state index in [4.69, 9.17) is 0 Å². The average Bonchev–Trinajstić information content (AvgIpc) is 2.56. The van der Waals surface area contributed by atoms with Crippen molar-refractivity contribution in [2.45, 2.75) is 47.0 Å². The topological polar surface area (TPSA) is 44.0 Å². The SMILES string of the molecule is CC.CC(C)c1cccn(C)c1=O.CCc1cc(F)c(=O)n(C)c1. The number of nitrogens with zero attached hydrogens (tertiary/aromatic N) is 2. The van der Waals surface area contributed by atoms with Gasteiger partial charge in [-0.1, -0.05) is 40.7 Å². The van der Waals surface area contributed by atoms with Crippen LogP contribution in [-0.4, -0.2) is 9.13 Å². The van der Waals surface area contributed by atoms with Crippen molar-refractivity contribution in [2.24, 2.45) is 14.1 Å². The van der Waals surface area contributed by atoms with E-state index >= 15 is 0 Å². The van der Waals surface area contributed by atoms with Crippen molar-refractivity contribution in [1.29, 1.82) is 0 Å². The lowest BCUT2D eigenvalue weighted by molar-refractivity contribution is 0.587. The van der Waals surface area contributed by atoms with Crippen LogP contribution in [0.5, 0.6) is 0 Å². The summed E-state index contributed by atoms with van der Waals surface area (Å²) in [5.74, 6) is -0.359. The van der Waals surface area contributed by atoms with Gasteiger partial charge in [-0.3, -0.25) is 9.59 Å². The molecule has 0 saturated heterocycles. The van der Waals surface area contributed by atoms with Crippen LogP contribution in [-0.2, 0) is 20.5 Å². The second kappa shape index (κ2) is 10.6. The van der Waals surface area contributed by atoms with Gasteiger partial charge in [-0.15, -0.1) is 0 Å². The van der Waals surface area contributed by atoms with Gasteiger partial charge >= 0.3 is 0 Å². The molecule has 0 atom stereocenters. The summed E-state index contributed by atoms with van der Waals surface area (Å²) in [7, 11) is 3.32. The molecular weight excluding hydrogens is 307 g/mol. The Balaban J connectivity index is 0.000000400. The van der Waals surface area contributed by atoms with E-state index in [2.05, 4.69) is 0 Å². The fourth-order valence-corrected chi connectivity index (χ4v) is 1.99. The van der Waals surface area contributed by atoms with Crippen LogP contribution < -0.4 is 11.1 Å². The maximum absolute atomic E-state index is 12.7. The Kier molecular flexibility index (Phi) is 9.62. The van der Waals surface area contributed by atoms with Crippen LogP contribution in [0.15, 0.2) is 40.2 Å². The first-order chi connectivity index (χ1) is 11.3. The minimum Gasteiger partial charge on any atom is -0.318 e. The summed E-state index contributed by atoms with van der Waals surface area (Å²) >= 11 is 0. The lowest BCUT2D eigenvalue weighted by Crippen LogP contribution is -2.20. The Labute approximate surface area is 143 Å². The molecule has 0 aliphatic carbocycles. The summed E-state index contributed by atoms with van der Waals surface area (Å²) in [5, 5.41) is 0. The van der Waals surface area contributed by atoms with Gasteiger partial charge < -0.3 is 9.13 Å². The zero-order valence-corrected chi connectivity index (χ0v) is 15.8. The third kappa shape index (κ3) is 6.14. The number of aryl methyl sites for hydroxylation is 3.